The molecule has 0 aromatic heterocycles. The van der Waals surface area contributed by atoms with Crippen LogP contribution in [0.3, 0.4) is 0 Å². The van der Waals surface area contributed by atoms with E-state index in [1.807, 2.05) is 6.08 Å². The molecular weight excluding hydrogens is 154 g/mol. The van der Waals surface area contributed by atoms with Gasteiger partial charge in [-0.3, -0.25) is 10.1 Å². The molecule has 0 aliphatic carbocycles. The van der Waals surface area contributed by atoms with E-state index in [1.54, 1.807) is 6.08 Å². The van der Waals surface area contributed by atoms with Crippen molar-refractivity contribution in [3.63, 3.8) is 0 Å². The van der Waals surface area contributed by atoms with Crippen LogP contribution in [0.4, 0.5) is 0 Å². The molecule has 3 nitrogen and oxygen atoms in total. The molecule has 0 heterocycles. The molecule has 68 valence electrons. The molecule has 0 radical (unpaired) electrons. The Hall–Kier alpha value is -1.12. The Kier molecular flexibility index (Phi) is 5.97. The summed E-state index contributed by atoms with van der Waals surface area (Å²) in [7, 11) is 0. The molecule has 0 N–H and O–H groups in total. The van der Waals surface area contributed by atoms with Crippen LogP contribution in [0.15, 0.2) is 23.9 Å². The van der Waals surface area contributed by atoms with Crippen LogP contribution in [-0.2, 0) is 0 Å². The maximum Gasteiger partial charge on any atom is 0.239 e. The monoisotopic (exact) mass is 169 g/mol. The van der Waals surface area contributed by atoms with Gasteiger partial charge in [0.2, 0.25) is 5.70 Å². The third kappa shape index (κ3) is 5.65. The van der Waals surface area contributed by atoms with Crippen molar-refractivity contribution >= 4 is 0 Å². The Morgan fingerprint density at radius 3 is 2.58 bits per heavy atom. The molecule has 0 saturated heterocycles. The van der Waals surface area contributed by atoms with Crippen molar-refractivity contribution < 1.29 is 4.92 Å². The summed E-state index contributed by atoms with van der Waals surface area (Å²) in [6.07, 6.45) is 8.43. The highest BCUT2D eigenvalue weighted by Gasteiger charge is 1.98. The van der Waals surface area contributed by atoms with Crippen molar-refractivity contribution in [1.82, 2.24) is 0 Å². The van der Waals surface area contributed by atoms with Gasteiger partial charge in [0.15, 0.2) is 0 Å². The maximum absolute atomic E-state index is 10.1. The fraction of sp³-hybridized carbons (Fsp3) is 0.556. The highest BCUT2D eigenvalue weighted by molar-refractivity contribution is 4.90. The number of allylic oxidation sites excluding steroid dienone is 4. The van der Waals surface area contributed by atoms with Crippen LogP contribution < -0.4 is 0 Å². The predicted molar refractivity (Wildman–Crippen MR) is 49.4 cm³/mol. The third-order valence-corrected chi connectivity index (χ3v) is 1.46. The van der Waals surface area contributed by atoms with Crippen LogP contribution in [-0.4, -0.2) is 4.92 Å². The topological polar surface area (TPSA) is 43.1 Å². The lowest BCUT2D eigenvalue weighted by Gasteiger charge is -1.88. The van der Waals surface area contributed by atoms with Gasteiger partial charge in [0.25, 0.3) is 0 Å². The van der Waals surface area contributed by atoms with E-state index in [-0.39, 0.29) is 10.6 Å². The Morgan fingerprint density at radius 2 is 2.08 bits per heavy atom. The van der Waals surface area contributed by atoms with E-state index < -0.39 is 0 Å². The van der Waals surface area contributed by atoms with E-state index in [4.69, 9.17) is 0 Å². The molecule has 0 bridgehead atoms. The lowest BCUT2D eigenvalue weighted by Crippen LogP contribution is -1.92. The molecule has 0 amide bonds. The van der Waals surface area contributed by atoms with Crippen LogP contribution in [0, 0.1) is 10.1 Å². The van der Waals surface area contributed by atoms with Crippen molar-refractivity contribution in [3.05, 3.63) is 34.0 Å². The van der Waals surface area contributed by atoms with E-state index in [1.165, 1.54) is 6.92 Å². The summed E-state index contributed by atoms with van der Waals surface area (Å²) in [4.78, 5) is 9.78. The third-order valence-electron chi connectivity index (χ3n) is 1.46. The maximum atomic E-state index is 10.1. The van der Waals surface area contributed by atoms with Gasteiger partial charge in [-0.05, 0) is 25.3 Å². The number of nitro groups is 1. The average molecular weight is 169 g/mol. The molecule has 0 aromatic carbocycles. The first-order valence-electron chi connectivity index (χ1n) is 4.14. The molecule has 0 fully saturated rings. The van der Waals surface area contributed by atoms with Crippen molar-refractivity contribution in [2.45, 2.75) is 33.1 Å². The molecule has 0 aliphatic heterocycles. The van der Waals surface area contributed by atoms with Gasteiger partial charge in [-0.2, -0.15) is 0 Å². The SMILES string of the molecule is CC/C=C/CC/C=C(/C)[N+](=O)[O-]. The second-order valence-corrected chi connectivity index (χ2v) is 2.56. The Bertz CT molecular complexity index is 195. The van der Waals surface area contributed by atoms with Crippen LogP contribution in [0.5, 0.6) is 0 Å². The van der Waals surface area contributed by atoms with Crippen molar-refractivity contribution in [3.8, 4) is 0 Å². The first kappa shape index (κ1) is 10.9. The van der Waals surface area contributed by atoms with Gasteiger partial charge >= 0.3 is 0 Å². The normalized spacial score (nSPS) is 12.3. The van der Waals surface area contributed by atoms with E-state index in [0.29, 0.717) is 0 Å². The predicted octanol–water partition coefficient (Wildman–Crippen LogP) is 2.91. The summed E-state index contributed by atoms with van der Waals surface area (Å²) in [5.74, 6) is 0. The molecule has 0 saturated carbocycles. The van der Waals surface area contributed by atoms with Gasteiger partial charge in [0.05, 0.1) is 4.92 Å². The zero-order valence-corrected chi connectivity index (χ0v) is 7.62. The van der Waals surface area contributed by atoms with E-state index >= 15 is 0 Å². The van der Waals surface area contributed by atoms with Crippen LogP contribution in [0.1, 0.15) is 33.1 Å². The summed E-state index contributed by atoms with van der Waals surface area (Å²) in [6.45, 7) is 3.58. The lowest BCUT2D eigenvalue weighted by molar-refractivity contribution is -0.424. The smallest absolute Gasteiger partial charge is 0.239 e. The van der Waals surface area contributed by atoms with Gasteiger partial charge in [-0.15, -0.1) is 0 Å². The summed E-state index contributed by atoms with van der Waals surface area (Å²) < 4.78 is 0. The Balaban J connectivity index is 3.60. The van der Waals surface area contributed by atoms with Gasteiger partial charge in [0.1, 0.15) is 0 Å². The largest absolute Gasteiger partial charge is 0.259 e. The lowest BCUT2D eigenvalue weighted by atomic mass is 10.2. The average Bonchev–Trinajstić information content (AvgIpc) is 2.03. The minimum atomic E-state index is -0.358. The first-order valence-corrected chi connectivity index (χ1v) is 4.14. The fourth-order valence-electron chi connectivity index (χ4n) is 0.747. The summed E-state index contributed by atoms with van der Waals surface area (Å²) >= 11 is 0. The molecule has 0 rings (SSSR count). The molecule has 0 unspecified atom stereocenters. The van der Waals surface area contributed by atoms with E-state index in [0.717, 1.165) is 19.3 Å². The van der Waals surface area contributed by atoms with Gasteiger partial charge in [-0.1, -0.05) is 19.1 Å². The number of hydrogen-bond acceptors (Lipinski definition) is 2. The number of unbranched alkanes of at least 4 members (excludes halogenated alkanes) is 1. The second-order valence-electron chi connectivity index (χ2n) is 2.56. The Labute approximate surface area is 72.9 Å². The zero-order chi connectivity index (χ0) is 9.40. The molecule has 3 heteroatoms. The highest BCUT2D eigenvalue weighted by Crippen LogP contribution is 1.99. The molecule has 12 heavy (non-hydrogen) atoms. The standard InChI is InChI=1S/C9H15NO2/c1-3-4-5-6-7-8-9(2)10(11)12/h4-5,8H,3,6-7H2,1-2H3/b5-4+,9-8-. The van der Waals surface area contributed by atoms with E-state index in [9.17, 15) is 10.1 Å². The Morgan fingerprint density at radius 1 is 1.42 bits per heavy atom. The summed E-state index contributed by atoms with van der Waals surface area (Å²) in [5, 5.41) is 10.1. The van der Waals surface area contributed by atoms with Gasteiger partial charge in [-0.25, -0.2) is 0 Å². The van der Waals surface area contributed by atoms with Crippen LogP contribution in [0.25, 0.3) is 0 Å². The van der Waals surface area contributed by atoms with Crippen LogP contribution in [0.2, 0.25) is 0 Å². The first-order chi connectivity index (χ1) is 5.68. The van der Waals surface area contributed by atoms with Crippen LogP contribution >= 0.6 is 0 Å². The van der Waals surface area contributed by atoms with Crippen molar-refractivity contribution in [2.24, 2.45) is 0 Å². The second kappa shape index (κ2) is 6.58. The van der Waals surface area contributed by atoms with Gasteiger partial charge in [0, 0.05) is 6.92 Å². The molecular formula is C9H15NO2. The van der Waals surface area contributed by atoms with E-state index in [2.05, 4.69) is 13.0 Å². The summed E-state index contributed by atoms with van der Waals surface area (Å²) in [6, 6.07) is 0. The highest BCUT2D eigenvalue weighted by atomic mass is 16.6. The minimum Gasteiger partial charge on any atom is -0.259 e. The fourth-order valence-corrected chi connectivity index (χ4v) is 0.747. The minimum absolute atomic E-state index is 0.236. The summed E-state index contributed by atoms with van der Waals surface area (Å²) in [5.41, 5.74) is 0.236. The number of hydrogen-bond donors (Lipinski definition) is 0. The molecule has 0 aliphatic rings. The molecule has 0 atom stereocenters. The number of nitrogens with zero attached hydrogens (tertiary/aromatic N) is 1. The number of rotatable bonds is 5. The van der Waals surface area contributed by atoms with Crippen molar-refractivity contribution in [2.75, 3.05) is 0 Å². The zero-order valence-electron chi connectivity index (χ0n) is 7.62. The van der Waals surface area contributed by atoms with Gasteiger partial charge < -0.3 is 0 Å². The molecule has 0 spiro atoms. The molecule has 0 aromatic rings. The van der Waals surface area contributed by atoms with Crippen molar-refractivity contribution in [1.29, 1.82) is 0 Å². The quantitative estimate of drug-likeness (QED) is 0.275.